The Morgan fingerprint density at radius 3 is 2.75 bits per heavy atom. The zero-order valence-corrected chi connectivity index (χ0v) is 15.7. The lowest BCUT2D eigenvalue weighted by Crippen LogP contribution is -2.38. The van der Waals surface area contributed by atoms with Crippen molar-refractivity contribution in [2.24, 2.45) is 5.92 Å². The highest BCUT2D eigenvalue weighted by Crippen LogP contribution is 2.25. The van der Waals surface area contributed by atoms with Crippen LogP contribution in [0, 0.1) is 5.92 Å². The molecule has 6 heteroatoms. The van der Waals surface area contributed by atoms with Crippen LogP contribution in [-0.4, -0.2) is 43.8 Å². The van der Waals surface area contributed by atoms with E-state index in [1.54, 1.807) is 6.20 Å². The molecule has 0 spiro atoms. The van der Waals surface area contributed by atoms with Gasteiger partial charge in [0.2, 0.25) is 0 Å². The van der Waals surface area contributed by atoms with Gasteiger partial charge in [-0.05, 0) is 37.1 Å². The van der Waals surface area contributed by atoms with E-state index in [-0.39, 0.29) is 5.92 Å². The molecule has 1 fully saturated rings. The van der Waals surface area contributed by atoms with Crippen LogP contribution >= 0.6 is 0 Å². The van der Waals surface area contributed by atoms with E-state index < -0.39 is 5.97 Å². The van der Waals surface area contributed by atoms with Crippen molar-refractivity contribution in [2.75, 3.05) is 13.1 Å². The van der Waals surface area contributed by atoms with E-state index >= 15 is 0 Å². The minimum absolute atomic E-state index is 0.282. The Labute approximate surface area is 164 Å². The molecule has 3 heterocycles. The predicted molar refractivity (Wildman–Crippen MR) is 107 cm³/mol. The number of rotatable bonds is 6. The number of carboxylic acids is 1. The van der Waals surface area contributed by atoms with Gasteiger partial charge >= 0.3 is 5.97 Å². The summed E-state index contributed by atoms with van der Waals surface area (Å²) >= 11 is 0. The molecule has 0 amide bonds. The SMILES string of the molecule is O=C(O)C1CCCN(Cc2cn(Cc3ccccc3)nc2-c2cccnc2)C1. The summed E-state index contributed by atoms with van der Waals surface area (Å²) in [6.45, 7) is 2.90. The lowest BCUT2D eigenvalue weighted by Gasteiger charge is -2.30. The fourth-order valence-electron chi connectivity index (χ4n) is 3.82. The highest BCUT2D eigenvalue weighted by Gasteiger charge is 2.26. The van der Waals surface area contributed by atoms with Crippen LogP contribution in [0.4, 0.5) is 0 Å². The van der Waals surface area contributed by atoms with Crippen molar-refractivity contribution in [2.45, 2.75) is 25.9 Å². The molecule has 28 heavy (non-hydrogen) atoms. The maximum Gasteiger partial charge on any atom is 0.307 e. The number of carbonyl (C=O) groups is 1. The second-order valence-corrected chi connectivity index (χ2v) is 7.34. The molecule has 1 atom stereocenters. The van der Waals surface area contributed by atoms with E-state index in [1.165, 1.54) is 5.56 Å². The van der Waals surface area contributed by atoms with Crippen molar-refractivity contribution >= 4 is 5.97 Å². The van der Waals surface area contributed by atoms with Gasteiger partial charge < -0.3 is 5.11 Å². The monoisotopic (exact) mass is 376 g/mol. The average Bonchev–Trinajstić information content (AvgIpc) is 3.11. The molecule has 144 valence electrons. The van der Waals surface area contributed by atoms with Gasteiger partial charge in [0, 0.05) is 42.8 Å². The summed E-state index contributed by atoms with van der Waals surface area (Å²) in [4.78, 5) is 17.9. The number of nitrogens with zero attached hydrogens (tertiary/aromatic N) is 4. The molecule has 1 saturated heterocycles. The summed E-state index contributed by atoms with van der Waals surface area (Å²) in [5.41, 5.74) is 4.20. The molecule has 1 aromatic carbocycles. The van der Waals surface area contributed by atoms with Gasteiger partial charge in [0.1, 0.15) is 0 Å². The van der Waals surface area contributed by atoms with Gasteiger partial charge in [-0.25, -0.2) is 0 Å². The van der Waals surface area contributed by atoms with Crippen molar-refractivity contribution in [3.05, 3.63) is 72.2 Å². The minimum Gasteiger partial charge on any atom is -0.481 e. The summed E-state index contributed by atoms with van der Waals surface area (Å²) in [5, 5.41) is 14.2. The molecule has 0 aliphatic carbocycles. The molecular formula is C22H24N4O2. The van der Waals surface area contributed by atoms with E-state index in [0.717, 1.165) is 36.2 Å². The van der Waals surface area contributed by atoms with Crippen LogP contribution < -0.4 is 0 Å². The first kappa shape index (κ1) is 18.4. The number of hydrogen-bond donors (Lipinski definition) is 1. The maximum absolute atomic E-state index is 11.4. The standard InChI is InChI=1S/C22H24N4O2/c27-22(28)19-9-5-11-25(14-19)15-20-16-26(13-17-6-2-1-3-7-17)24-21(20)18-8-4-10-23-12-18/h1-4,6-8,10,12,16,19H,5,9,11,13-15H2,(H,27,28). The molecule has 0 radical (unpaired) electrons. The number of aromatic nitrogens is 3. The third-order valence-corrected chi connectivity index (χ3v) is 5.21. The molecule has 2 aromatic heterocycles. The molecule has 0 bridgehead atoms. The number of piperidine rings is 1. The summed E-state index contributed by atoms with van der Waals surface area (Å²) < 4.78 is 1.96. The minimum atomic E-state index is -0.697. The summed E-state index contributed by atoms with van der Waals surface area (Å²) in [6, 6.07) is 14.2. The zero-order chi connectivity index (χ0) is 19.3. The first-order valence-electron chi connectivity index (χ1n) is 9.65. The van der Waals surface area contributed by atoms with Gasteiger partial charge in [0.05, 0.1) is 18.2 Å². The summed E-state index contributed by atoms with van der Waals surface area (Å²) in [6.07, 6.45) is 7.34. The number of pyridine rings is 1. The molecular weight excluding hydrogens is 352 g/mol. The fourth-order valence-corrected chi connectivity index (χ4v) is 3.82. The third kappa shape index (κ3) is 4.28. The molecule has 4 rings (SSSR count). The van der Waals surface area contributed by atoms with Crippen LogP contribution in [-0.2, 0) is 17.9 Å². The Morgan fingerprint density at radius 1 is 1.14 bits per heavy atom. The molecule has 1 aliphatic rings. The predicted octanol–water partition coefficient (Wildman–Crippen LogP) is 3.29. The van der Waals surface area contributed by atoms with Crippen LogP contribution in [0.5, 0.6) is 0 Å². The Bertz CT molecular complexity index is 924. The number of aliphatic carboxylic acids is 1. The second-order valence-electron chi connectivity index (χ2n) is 7.34. The van der Waals surface area contributed by atoms with E-state index in [9.17, 15) is 9.90 Å². The van der Waals surface area contributed by atoms with Crippen LogP contribution in [0.25, 0.3) is 11.3 Å². The van der Waals surface area contributed by atoms with Crippen molar-refractivity contribution in [3.8, 4) is 11.3 Å². The largest absolute Gasteiger partial charge is 0.481 e. The van der Waals surface area contributed by atoms with E-state index in [2.05, 4.69) is 28.2 Å². The molecule has 0 saturated carbocycles. The van der Waals surface area contributed by atoms with Gasteiger partial charge in [0.25, 0.3) is 0 Å². The Kier molecular flexibility index (Phi) is 5.48. The molecule has 1 N–H and O–H groups in total. The lowest BCUT2D eigenvalue weighted by atomic mass is 9.97. The van der Waals surface area contributed by atoms with Gasteiger partial charge in [-0.15, -0.1) is 0 Å². The molecule has 1 aliphatic heterocycles. The highest BCUT2D eigenvalue weighted by atomic mass is 16.4. The summed E-state index contributed by atoms with van der Waals surface area (Å²) in [7, 11) is 0. The number of carboxylic acid groups (broad SMARTS) is 1. The van der Waals surface area contributed by atoms with Gasteiger partial charge in [0.15, 0.2) is 0 Å². The molecule has 6 nitrogen and oxygen atoms in total. The van der Waals surface area contributed by atoms with Crippen molar-refractivity contribution in [1.82, 2.24) is 19.7 Å². The van der Waals surface area contributed by atoms with Gasteiger partial charge in [-0.2, -0.15) is 5.10 Å². The third-order valence-electron chi connectivity index (χ3n) is 5.21. The van der Waals surface area contributed by atoms with Gasteiger partial charge in [-0.1, -0.05) is 30.3 Å². The van der Waals surface area contributed by atoms with E-state index in [0.29, 0.717) is 19.6 Å². The Balaban J connectivity index is 1.60. The van der Waals surface area contributed by atoms with Crippen LogP contribution in [0.1, 0.15) is 24.0 Å². The first-order chi connectivity index (χ1) is 13.7. The molecule has 3 aromatic rings. The smallest absolute Gasteiger partial charge is 0.307 e. The normalized spacial score (nSPS) is 17.5. The van der Waals surface area contributed by atoms with E-state index in [1.807, 2.05) is 41.2 Å². The average molecular weight is 376 g/mol. The van der Waals surface area contributed by atoms with E-state index in [4.69, 9.17) is 5.10 Å². The van der Waals surface area contributed by atoms with Crippen molar-refractivity contribution in [1.29, 1.82) is 0 Å². The maximum atomic E-state index is 11.4. The zero-order valence-electron chi connectivity index (χ0n) is 15.7. The van der Waals surface area contributed by atoms with Crippen molar-refractivity contribution < 1.29 is 9.90 Å². The fraction of sp³-hybridized carbons (Fsp3) is 0.318. The second kappa shape index (κ2) is 8.35. The highest BCUT2D eigenvalue weighted by molar-refractivity contribution is 5.70. The lowest BCUT2D eigenvalue weighted by molar-refractivity contribution is -0.143. The van der Waals surface area contributed by atoms with Crippen LogP contribution in [0.15, 0.2) is 61.1 Å². The summed E-state index contributed by atoms with van der Waals surface area (Å²) in [5.74, 6) is -0.980. The first-order valence-corrected chi connectivity index (χ1v) is 9.65. The van der Waals surface area contributed by atoms with Crippen molar-refractivity contribution in [3.63, 3.8) is 0 Å². The number of likely N-dealkylation sites (tertiary alicyclic amines) is 1. The Hall–Kier alpha value is -2.99. The van der Waals surface area contributed by atoms with Gasteiger partial charge in [-0.3, -0.25) is 19.4 Å². The Morgan fingerprint density at radius 2 is 2.00 bits per heavy atom. The van der Waals surface area contributed by atoms with Crippen LogP contribution in [0.3, 0.4) is 0 Å². The van der Waals surface area contributed by atoms with Crippen LogP contribution in [0.2, 0.25) is 0 Å². The molecule has 1 unspecified atom stereocenters. The number of hydrogen-bond acceptors (Lipinski definition) is 4. The quantitative estimate of drug-likeness (QED) is 0.715. The number of benzene rings is 1. The topological polar surface area (TPSA) is 71.2 Å².